The minimum Gasteiger partial charge on any atom is -0.357 e. The molecule has 0 spiro atoms. The molecule has 0 atom stereocenters. The summed E-state index contributed by atoms with van der Waals surface area (Å²) in [5, 5.41) is 6.30. The molecule has 3 nitrogen and oxygen atoms in total. The van der Waals surface area contributed by atoms with Crippen LogP contribution in [-0.4, -0.2) is 25.6 Å². The average molecular weight is 399 g/mol. The largest absolute Gasteiger partial charge is 0.357 e. The molecule has 0 aliphatic rings. The Kier molecular flexibility index (Phi) is 9.11. The summed E-state index contributed by atoms with van der Waals surface area (Å²) in [7, 11) is 0. The van der Waals surface area contributed by atoms with Crippen molar-refractivity contribution in [1.29, 1.82) is 0 Å². The molecule has 0 saturated carbocycles. The van der Waals surface area contributed by atoms with Crippen molar-refractivity contribution in [3.63, 3.8) is 0 Å². The van der Waals surface area contributed by atoms with E-state index in [1.54, 1.807) is 0 Å². The molecule has 0 heterocycles. The predicted molar refractivity (Wildman–Crippen MR) is 102 cm³/mol. The Morgan fingerprint density at radius 1 is 1.33 bits per heavy atom. The summed E-state index contributed by atoms with van der Waals surface area (Å²) in [6, 6.07) is 8.58. The van der Waals surface area contributed by atoms with Crippen molar-refractivity contribution in [3.05, 3.63) is 35.4 Å². The first-order valence-electron chi connectivity index (χ1n) is 7.02. The van der Waals surface area contributed by atoms with E-state index >= 15 is 0 Å². The molecular weight excluding hydrogens is 373 g/mol. The van der Waals surface area contributed by atoms with Gasteiger partial charge in [-0.3, -0.25) is 4.99 Å². The van der Waals surface area contributed by atoms with Crippen LogP contribution in [0, 0.1) is 19.3 Å². The number of hydrogen-bond donors (Lipinski definition) is 2. The van der Waals surface area contributed by atoms with E-state index in [0.29, 0.717) is 13.1 Å². The Morgan fingerprint density at radius 2 is 2.05 bits per heavy atom. The van der Waals surface area contributed by atoms with Gasteiger partial charge in [0.2, 0.25) is 0 Å². The van der Waals surface area contributed by atoms with Gasteiger partial charge in [0.25, 0.3) is 0 Å². The lowest BCUT2D eigenvalue weighted by atomic mass is 9.84. The van der Waals surface area contributed by atoms with E-state index in [1.165, 1.54) is 11.1 Å². The van der Waals surface area contributed by atoms with Gasteiger partial charge in [-0.25, -0.2) is 0 Å². The second-order valence-corrected chi connectivity index (χ2v) is 5.51. The highest BCUT2D eigenvalue weighted by atomic mass is 127. The van der Waals surface area contributed by atoms with Gasteiger partial charge in [-0.2, -0.15) is 0 Å². The molecule has 1 aromatic carbocycles. The number of hydrogen-bond acceptors (Lipinski definition) is 1. The van der Waals surface area contributed by atoms with E-state index in [1.807, 2.05) is 6.92 Å². The zero-order valence-electron chi connectivity index (χ0n) is 13.4. The highest BCUT2D eigenvalue weighted by Gasteiger charge is 2.20. The molecule has 1 aromatic rings. The zero-order valence-corrected chi connectivity index (χ0v) is 15.7. The van der Waals surface area contributed by atoms with Crippen LogP contribution in [0.5, 0.6) is 0 Å². The molecule has 0 aliphatic carbocycles. The van der Waals surface area contributed by atoms with Crippen molar-refractivity contribution >= 4 is 29.9 Å². The monoisotopic (exact) mass is 399 g/mol. The molecule has 1 rings (SSSR count). The van der Waals surface area contributed by atoms with Crippen LogP contribution in [0.4, 0.5) is 0 Å². The summed E-state index contributed by atoms with van der Waals surface area (Å²) in [5.74, 6) is 3.33. The summed E-state index contributed by atoms with van der Waals surface area (Å²) >= 11 is 0. The van der Waals surface area contributed by atoms with Crippen molar-refractivity contribution in [1.82, 2.24) is 10.6 Å². The smallest absolute Gasteiger partial charge is 0.192 e. The SMILES string of the molecule is C#CCNC(=NCC(C)(C)c1cccc(C)c1)NCC.I. The van der Waals surface area contributed by atoms with Gasteiger partial charge in [-0.15, -0.1) is 30.4 Å². The molecule has 0 aromatic heterocycles. The van der Waals surface area contributed by atoms with Gasteiger partial charge < -0.3 is 10.6 Å². The Labute approximate surface area is 146 Å². The number of aliphatic imine (C=N–C) groups is 1. The predicted octanol–water partition coefficient (Wildman–Crippen LogP) is 3.08. The fourth-order valence-electron chi connectivity index (χ4n) is 1.91. The minimum atomic E-state index is -0.00941. The first-order valence-corrected chi connectivity index (χ1v) is 7.02. The maximum Gasteiger partial charge on any atom is 0.192 e. The third kappa shape index (κ3) is 6.85. The van der Waals surface area contributed by atoms with E-state index in [-0.39, 0.29) is 29.4 Å². The van der Waals surface area contributed by atoms with Crippen molar-refractivity contribution < 1.29 is 0 Å². The topological polar surface area (TPSA) is 36.4 Å². The van der Waals surface area contributed by atoms with E-state index in [0.717, 1.165) is 12.5 Å². The van der Waals surface area contributed by atoms with E-state index < -0.39 is 0 Å². The maximum absolute atomic E-state index is 5.27. The normalized spacial score (nSPS) is 11.3. The minimum absolute atomic E-state index is 0. The van der Waals surface area contributed by atoms with E-state index in [2.05, 4.69) is 66.6 Å². The highest BCUT2D eigenvalue weighted by molar-refractivity contribution is 14.0. The Bertz CT molecular complexity index is 501. The van der Waals surface area contributed by atoms with Gasteiger partial charge in [0.15, 0.2) is 5.96 Å². The van der Waals surface area contributed by atoms with Crippen molar-refractivity contribution in [3.8, 4) is 12.3 Å². The molecule has 2 N–H and O–H groups in total. The zero-order chi connectivity index (χ0) is 15.0. The number of nitrogens with one attached hydrogen (secondary N) is 2. The van der Waals surface area contributed by atoms with Crippen molar-refractivity contribution in [2.24, 2.45) is 4.99 Å². The van der Waals surface area contributed by atoms with Crippen LogP contribution in [0.15, 0.2) is 29.3 Å². The molecule has 0 radical (unpaired) electrons. The van der Waals surface area contributed by atoms with Gasteiger partial charge >= 0.3 is 0 Å². The van der Waals surface area contributed by atoms with Gasteiger partial charge in [0.05, 0.1) is 13.1 Å². The number of halogens is 1. The van der Waals surface area contributed by atoms with Crippen LogP contribution < -0.4 is 10.6 Å². The number of nitrogens with zero attached hydrogens (tertiary/aromatic N) is 1. The second kappa shape index (κ2) is 9.67. The van der Waals surface area contributed by atoms with Crippen LogP contribution in [0.25, 0.3) is 0 Å². The molecule has 4 heteroatoms. The summed E-state index contributed by atoms with van der Waals surface area (Å²) in [5.41, 5.74) is 2.57. The number of terminal acetylenes is 1. The van der Waals surface area contributed by atoms with E-state index in [9.17, 15) is 0 Å². The van der Waals surface area contributed by atoms with Gasteiger partial charge in [-0.05, 0) is 19.4 Å². The molecule has 0 aliphatic heterocycles. The van der Waals surface area contributed by atoms with Crippen LogP contribution in [0.1, 0.15) is 31.9 Å². The molecule has 0 saturated heterocycles. The van der Waals surface area contributed by atoms with Crippen molar-refractivity contribution in [2.45, 2.75) is 33.1 Å². The van der Waals surface area contributed by atoms with Crippen LogP contribution in [-0.2, 0) is 5.41 Å². The highest BCUT2D eigenvalue weighted by Crippen LogP contribution is 2.24. The first kappa shape index (κ1) is 19.8. The summed E-state index contributed by atoms with van der Waals surface area (Å²) in [4.78, 5) is 4.63. The fourth-order valence-corrected chi connectivity index (χ4v) is 1.91. The molecule has 0 fully saturated rings. The Balaban J connectivity index is 0.00000400. The number of benzene rings is 1. The number of guanidine groups is 1. The quantitative estimate of drug-likeness (QED) is 0.346. The number of aryl methyl sites for hydroxylation is 1. The standard InChI is InChI=1S/C17H25N3.HI/c1-6-11-19-16(18-7-2)20-13-17(4,5)15-10-8-9-14(3)12-15;/h1,8-10,12H,7,11,13H2,2-5H3,(H2,18,19,20);1H. The van der Waals surface area contributed by atoms with E-state index in [4.69, 9.17) is 6.42 Å². The van der Waals surface area contributed by atoms with Gasteiger partial charge in [0.1, 0.15) is 0 Å². The first-order chi connectivity index (χ1) is 9.49. The molecule has 0 unspecified atom stereocenters. The summed E-state index contributed by atoms with van der Waals surface area (Å²) in [6.45, 7) is 10.6. The molecule has 21 heavy (non-hydrogen) atoms. The van der Waals surface area contributed by atoms with Crippen LogP contribution >= 0.6 is 24.0 Å². The lowest BCUT2D eigenvalue weighted by molar-refractivity contribution is 0.537. The van der Waals surface area contributed by atoms with Crippen molar-refractivity contribution in [2.75, 3.05) is 19.6 Å². The molecular formula is C17H26IN3. The third-order valence-corrected chi connectivity index (χ3v) is 3.13. The third-order valence-electron chi connectivity index (χ3n) is 3.13. The Hall–Kier alpha value is -1.22. The lowest BCUT2D eigenvalue weighted by Gasteiger charge is -2.24. The van der Waals surface area contributed by atoms with Gasteiger partial charge in [0, 0.05) is 12.0 Å². The molecule has 0 bridgehead atoms. The summed E-state index contributed by atoms with van der Waals surface area (Å²) in [6.07, 6.45) is 5.27. The fraction of sp³-hybridized carbons (Fsp3) is 0.471. The van der Waals surface area contributed by atoms with Crippen LogP contribution in [0.3, 0.4) is 0 Å². The average Bonchev–Trinajstić information content (AvgIpc) is 2.42. The summed E-state index contributed by atoms with van der Waals surface area (Å²) < 4.78 is 0. The second-order valence-electron chi connectivity index (χ2n) is 5.51. The maximum atomic E-state index is 5.27. The lowest BCUT2D eigenvalue weighted by Crippen LogP contribution is -2.38. The molecule has 116 valence electrons. The Morgan fingerprint density at radius 3 is 2.62 bits per heavy atom. The number of rotatable bonds is 5. The van der Waals surface area contributed by atoms with Gasteiger partial charge in [-0.1, -0.05) is 49.6 Å². The van der Waals surface area contributed by atoms with Crippen LogP contribution in [0.2, 0.25) is 0 Å². The molecule has 0 amide bonds.